The van der Waals surface area contributed by atoms with Crippen LogP contribution in [-0.4, -0.2) is 40.4 Å². The molecule has 0 aromatic carbocycles. The van der Waals surface area contributed by atoms with E-state index >= 15 is 0 Å². The van der Waals surface area contributed by atoms with Gasteiger partial charge in [-0.05, 0) is 6.92 Å². The Bertz CT molecular complexity index is 214. The fourth-order valence-electron chi connectivity index (χ4n) is 1.18. The lowest BCUT2D eigenvalue weighted by molar-refractivity contribution is -0.132. The number of nitrogens with two attached hydrogens (primary N) is 1. The van der Waals surface area contributed by atoms with Crippen LogP contribution in [0.3, 0.4) is 0 Å². The SMILES string of the molecule is CC(C(=O)N1CCSCC1)C(N)=S. The first-order chi connectivity index (χ1) is 6.13. The van der Waals surface area contributed by atoms with Crippen LogP contribution in [0.15, 0.2) is 0 Å². The van der Waals surface area contributed by atoms with Crippen molar-refractivity contribution in [3.8, 4) is 0 Å². The second-order valence-electron chi connectivity index (χ2n) is 3.06. The molecule has 74 valence electrons. The third kappa shape index (κ3) is 2.84. The van der Waals surface area contributed by atoms with E-state index in [1.165, 1.54) is 0 Å². The molecular formula is C8H14N2OS2. The van der Waals surface area contributed by atoms with Gasteiger partial charge in [0, 0.05) is 24.6 Å². The molecule has 0 aliphatic carbocycles. The molecule has 1 unspecified atom stereocenters. The van der Waals surface area contributed by atoms with Gasteiger partial charge in [0.2, 0.25) is 5.91 Å². The van der Waals surface area contributed by atoms with Crippen molar-refractivity contribution in [3.05, 3.63) is 0 Å². The molecule has 1 aliphatic rings. The highest BCUT2D eigenvalue weighted by Crippen LogP contribution is 2.12. The number of carbonyl (C=O) groups is 1. The number of carbonyl (C=O) groups excluding carboxylic acids is 1. The van der Waals surface area contributed by atoms with Crippen LogP contribution in [0.4, 0.5) is 0 Å². The van der Waals surface area contributed by atoms with E-state index in [2.05, 4.69) is 0 Å². The summed E-state index contributed by atoms with van der Waals surface area (Å²) in [6.07, 6.45) is 0. The molecule has 0 aromatic heterocycles. The van der Waals surface area contributed by atoms with E-state index in [1.54, 1.807) is 6.92 Å². The smallest absolute Gasteiger partial charge is 0.232 e. The van der Waals surface area contributed by atoms with Gasteiger partial charge in [0.25, 0.3) is 0 Å². The van der Waals surface area contributed by atoms with Crippen LogP contribution >= 0.6 is 24.0 Å². The molecule has 0 saturated carbocycles. The zero-order chi connectivity index (χ0) is 9.84. The maximum Gasteiger partial charge on any atom is 0.232 e. The Morgan fingerprint density at radius 3 is 2.54 bits per heavy atom. The summed E-state index contributed by atoms with van der Waals surface area (Å²) < 4.78 is 0. The first kappa shape index (κ1) is 10.8. The average molecular weight is 218 g/mol. The van der Waals surface area contributed by atoms with Crippen molar-refractivity contribution >= 4 is 34.9 Å². The summed E-state index contributed by atoms with van der Waals surface area (Å²) in [5, 5.41) is 0. The molecule has 1 atom stereocenters. The number of rotatable bonds is 2. The van der Waals surface area contributed by atoms with Crippen LogP contribution in [0.25, 0.3) is 0 Å². The van der Waals surface area contributed by atoms with E-state index in [4.69, 9.17) is 18.0 Å². The number of thiocarbonyl (C=S) groups is 1. The minimum Gasteiger partial charge on any atom is -0.393 e. The van der Waals surface area contributed by atoms with Crippen molar-refractivity contribution < 1.29 is 4.79 Å². The van der Waals surface area contributed by atoms with E-state index in [0.717, 1.165) is 24.6 Å². The highest BCUT2D eigenvalue weighted by atomic mass is 32.2. The summed E-state index contributed by atoms with van der Waals surface area (Å²) in [6, 6.07) is 0. The van der Waals surface area contributed by atoms with Crippen LogP contribution in [0.5, 0.6) is 0 Å². The Labute approximate surface area is 88.0 Å². The van der Waals surface area contributed by atoms with Gasteiger partial charge >= 0.3 is 0 Å². The van der Waals surface area contributed by atoms with Gasteiger partial charge in [-0.1, -0.05) is 12.2 Å². The molecule has 0 bridgehead atoms. The van der Waals surface area contributed by atoms with Crippen molar-refractivity contribution in [2.45, 2.75) is 6.92 Å². The van der Waals surface area contributed by atoms with Crippen LogP contribution in [0.2, 0.25) is 0 Å². The van der Waals surface area contributed by atoms with Crippen LogP contribution in [0.1, 0.15) is 6.92 Å². The average Bonchev–Trinajstić information content (AvgIpc) is 2.17. The van der Waals surface area contributed by atoms with Gasteiger partial charge in [0.05, 0.1) is 10.9 Å². The van der Waals surface area contributed by atoms with Crippen molar-refractivity contribution in [2.75, 3.05) is 24.6 Å². The number of thioether (sulfide) groups is 1. The summed E-state index contributed by atoms with van der Waals surface area (Å²) in [4.78, 5) is 13.8. The fourth-order valence-corrected chi connectivity index (χ4v) is 2.18. The van der Waals surface area contributed by atoms with Crippen LogP contribution < -0.4 is 5.73 Å². The van der Waals surface area contributed by atoms with Gasteiger partial charge in [-0.2, -0.15) is 11.8 Å². The Balaban J connectivity index is 2.50. The van der Waals surface area contributed by atoms with Crippen molar-refractivity contribution in [1.82, 2.24) is 4.90 Å². The van der Waals surface area contributed by atoms with Crippen molar-refractivity contribution in [3.63, 3.8) is 0 Å². The molecule has 1 rings (SSSR count). The van der Waals surface area contributed by atoms with E-state index in [9.17, 15) is 4.79 Å². The third-order valence-electron chi connectivity index (χ3n) is 2.12. The molecule has 5 heteroatoms. The van der Waals surface area contributed by atoms with Gasteiger partial charge in [0.1, 0.15) is 0 Å². The second kappa shape index (κ2) is 4.81. The molecule has 1 aliphatic heterocycles. The lowest BCUT2D eigenvalue weighted by Crippen LogP contribution is -2.43. The highest BCUT2D eigenvalue weighted by Gasteiger charge is 2.23. The third-order valence-corrected chi connectivity index (χ3v) is 3.42. The molecule has 1 amide bonds. The predicted molar refractivity (Wildman–Crippen MR) is 59.9 cm³/mol. The van der Waals surface area contributed by atoms with Gasteiger partial charge in [-0.25, -0.2) is 0 Å². The molecule has 0 spiro atoms. The van der Waals surface area contributed by atoms with Gasteiger partial charge < -0.3 is 10.6 Å². The standard InChI is InChI=1S/C8H14N2OS2/c1-6(7(9)12)8(11)10-2-4-13-5-3-10/h6H,2-5H2,1H3,(H2,9,12). The maximum atomic E-state index is 11.7. The lowest BCUT2D eigenvalue weighted by atomic mass is 10.1. The van der Waals surface area contributed by atoms with Crippen LogP contribution in [0, 0.1) is 5.92 Å². The van der Waals surface area contributed by atoms with Gasteiger partial charge in [-0.3, -0.25) is 4.79 Å². The molecule has 0 radical (unpaired) electrons. The van der Waals surface area contributed by atoms with E-state index in [0.29, 0.717) is 4.99 Å². The normalized spacial score (nSPS) is 19.6. The molecule has 0 aromatic rings. The largest absolute Gasteiger partial charge is 0.393 e. The maximum absolute atomic E-state index is 11.7. The first-order valence-corrected chi connectivity index (χ1v) is 5.85. The zero-order valence-corrected chi connectivity index (χ0v) is 9.29. The van der Waals surface area contributed by atoms with E-state index in [-0.39, 0.29) is 11.8 Å². The van der Waals surface area contributed by atoms with E-state index in [1.807, 2.05) is 16.7 Å². The molecule has 1 saturated heterocycles. The summed E-state index contributed by atoms with van der Waals surface area (Å²) in [5.74, 6) is 1.82. The lowest BCUT2D eigenvalue weighted by Gasteiger charge is -2.28. The summed E-state index contributed by atoms with van der Waals surface area (Å²) >= 11 is 6.67. The number of nitrogens with zero attached hydrogens (tertiary/aromatic N) is 1. The molecule has 13 heavy (non-hydrogen) atoms. The first-order valence-electron chi connectivity index (χ1n) is 4.29. The monoisotopic (exact) mass is 218 g/mol. The van der Waals surface area contributed by atoms with Crippen molar-refractivity contribution in [1.29, 1.82) is 0 Å². The molecule has 1 fully saturated rings. The zero-order valence-electron chi connectivity index (χ0n) is 7.66. The Morgan fingerprint density at radius 2 is 2.08 bits per heavy atom. The fraction of sp³-hybridized carbons (Fsp3) is 0.750. The van der Waals surface area contributed by atoms with E-state index < -0.39 is 0 Å². The van der Waals surface area contributed by atoms with Crippen LogP contribution in [-0.2, 0) is 4.79 Å². The number of hydrogen-bond donors (Lipinski definition) is 1. The Morgan fingerprint density at radius 1 is 1.54 bits per heavy atom. The number of amides is 1. The minimum absolute atomic E-state index is 0.0767. The molecule has 2 N–H and O–H groups in total. The highest BCUT2D eigenvalue weighted by molar-refractivity contribution is 7.99. The number of hydrogen-bond acceptors (Lipinski definition) is 3. The second-order valence-corrected chi connectivity index (χ2v) is 4.76. The summed E-state index contributed by atoms with van der Waals surface area (Å²) in [7, 11) is 0. The topological polar surface area (TPSA) is 46.3 Å². The minimum atomic E-state index is -0.307. The Kier molecular flexibility index (Phi) is 3.99. The quantitative estimate of drug-likeness (QED) is 0.685. The van der Waals surface area contributed by atoms with Gasteiger partial charge in [0.15, 0.2) is 0 Å². The summed E-state index contributed by atoms with van der Waals surface area (Å²) in [6.45, 7) is 3.43. The molecule has 1 heterocycles. The molecular weight excluding hydrogens is 204 g/mol. The summed E-state index contributed by atoms with van der Waals surface area (Å²) in [5.41, 5.74) is 5.42. The predicted octanol–water partition coefficient (Wildman–Crippen LogP) is 0.484. The van der Waals surface area contributed by atoms with Gasteiger partial charge in [-0.15, -0.1) is 0 Å². The molecule has 3 nitrogen and oxygen atoms in total. The Hall–Kier alpha value is -0.290. The van der Waals surface area contributed by atoms with Crippen molar-refractivity contribution in [2.24, 2.45) is 11.7 Å².